The largest absolute Gasteiger partial charge is 0.480 e. The third-order valence-corrected chi connectivity index (χ3v) is 8.44. The number of benzene rings is 4. The summed E-state index contributed by atoms with van der Waals surface area (Å²) in [6, 6.07) is 21.1. The van der Waals surface area contributed by atoms with Crippen LogP contribution in [0.5, 0.6) is 0 Å². The van der Waals surface area contributed by atoms with E-state index in [1.807, 2.05) is 30.3 Å². The molecule has 8 N–H and O–H groups in total. The molecule has 0 aliphatic heterocycles. The van der Waals surface area contributed by atoms with Gasteiger partial charge in [0.2, 0.25) is 11.8 Å². The van der Waals surface area contributed by atoms with E-state index in [-0.39, 0.29) is 29.9 Å². The van der Waals surface area contributed by atoms with E-state index in [2.05, 4.69) is 21.3 Å². The molecule has 15 nitrogen and oxygen atoms in total. The Bertz CT molecular complexity index is 2170. The predicted molar refractivity (Wildman–Crippen MR) is 218 cm³/mol. The van der Waals surface area contributed by atoms with Crippen LogP contribution in [0.2, 0.25) is 0 Å². The van der Waals surface area contributed by atoms with E-state index in [1.54, 1.807) is 77.9 Å². The van der Waals surface area contributed by atoms with Crippen LogP contribution in [0.25, 0.3) is 10.8 Å². The van der Waals surface area contributed by atoms with E-state index >= 15 is 0 Å². The van der Waals surface area contributed by atoms with Gasteiger partial charge in [0.15, 0.2) is 0 Å². The Kier molecular flexibility index (Phi) is 14.3. The molecule has 4 amide bonds. The zero-order chi connectivity index (χ0) is 42.8. The van der Waals surface area contributed by atoms with Crippen LogP contribution in [0.15, 0.2) is 91.0 Å². The van der Waals surface area contributed by atoms with E-state index in [1.165, 1.54) is 24.3 Å². The summed E-state index contributed by atoms with van der Waals surface area (Å²) in [5, 5.41) is 29.8. The van der Waals surface area contributed by atoms with Crippen molar-refractivity contribution in [2.45, 2.75) is 90.1 Å². The number of hydrogen-bond donors (Lipinski definition) is 7. The number of fused-ring (bicyclic) bond motifs is 1. The van der Waals surface area contributed by atoms with Crippen LogP contribution < -0.4 is 27.0 Å². The Labute approximate surface area is 336 Å². The number of carboxylic acid groups (broad SMARTS) is 1. The fourth-order valence-corrected chi connectivity index (χ4v) is 5.85. The van der Waals surface area contributed by atoms with Gasteiger partial charge in [-0.15, -0.1) is 0 Å². The molecule has 4 aromatic carbocycles. The maximum absolute atomic E-state index is 13.7. The summed E-state index contributed by atoms with van der Waals surface area (Å²) >= 11 is 0. The highest BCUT2D eigenvalue weighted by atomic mass is 16.6. The molecule has 3 atom stereocenters. The maximum Gasteiger partial charge on any atom is 0.408 e. The van der Waals surface area contributed by atoms with Crippen molar-refractivity contribution in [2.24, 2.45) is 5.73 Å². The highest BCUT2D eigenvalue weighted by molar-refractivity contribution is 6.02. The van der Waals surface area contributed by atoms with Gasteiger partial charge < -0.3 is 41.6 Å². The van der Waals surface area contributed by atoms with E-state index in [9.17, 15) is 33.9 Å². The molecule has 0 radical (unpaired) electrons. The van der Waals surface area contributed by atoms with E-state index in [0.29, 0.717) is 16.7 Å². The Morgan fingerprint density at radius 3 is 1.97 bits per heavy atom. The minimum absolute atomic E-state index is 0.0122. The van der Waals surface area contributed by atoms with Crippen LogP contribution in [0.3, 0.4) is 0 Å². The van der Waals surface area contributed by atoms with Crippen LogP contribution in [0, 0.1) is 5.41 Å². The molecule has 0 heterocycles. The monoisotopic (exact) mass is 794 g/mol. The SMILES string of the molecule is CC(C)(C)OC(=O)C[C@H](NC(=O)c1cccc(NC(=O)C(Cc2ccc(C(=N)N)cc2)NC(=O)OC(C)(C)C)c1)C(=O)N[C@@H](Cc1cccc2ccccc12)C(=O)O. The molecule has 0 saturated heterocycles. The average molecular weight is 795 g/mol. The van der Waals surface area contributed by atoms with Gasteiger partial charge >= 0.3 is 18.0 Å². The number of anilines is 1. The van der Waals surface area contributed by atoms with Crippen molar-refractivity contribution in [2.75, 3.05) is 5.32 Å². The van der Waals surface area contributed by atoms with Crippen LogP contribution in [0.4, 0.5) is 10.5 Å². The number of nitrogen functional groups attached to an aromatic ring is 1. The van der Waals surface area contributed by atoms with Crippen LogP contribution >= 0.6 is 0 Å². The molecule has 0 fully saturated rings. The quantitative estimate of drug-likeness (QED) is 0.0491. The molecule has 0 aliphatic carbocycles. The third-order valence-electron chi connectivity index (χ3n) is 8.44. The number of alkyl carbamates (subject to hydrolysis) is 1. The average Bonchev–Trinajstić information content (AvgIpc) is 3.12. The van der Waals surface area contributed by atoms with Crippen LogP contribution in [0.1, 0.15) is 75.0 Å². The summed E-state index contributed by atoms with van der Waals surface area (Å²) in [5.74, 6) is -4.64. The van der Waals surface area contributed by atoms with Crippen molar-refractivity contribution in [1.29, 1.82) is 5.41 Å². The minimum atomic E-state index is -1.55. The summed E-state index contributed by atoms with van der Waals surface area (Å²) in [5.41, 5.74) is 5.75. The predicted octanol–water partition coefficient (Wildman–Crippen LogP) is 4.84. The molecule has 4 rings (SSSR count). The first kappa shape index (κ1) is 44.0. The minimum Gasteiger partial charge on any atom is -0.480 e. The van der Waals surface area contributed by atoms with Gasteiger partial charge in [0.1, 0.15) is 35.2 Å². The summed E-state index contributed by atoms with van der Waals surface area (Å²) in [4.78, 5) is 79.2. The third kappa shape index (κ3) is 13.5. The summed E-state index contributed by atoms with van der Waals surface area (Å²) < 4.78 is 10.8. The number of amidine groups is 1. The Morgan fingerprint density at radius 1 is 0.690 bits per heavy atom. The molecule has 58 heavy (non-hydrogen) atoms. The summed E-state index contributed by atoms with van der Waals surface area (Å²) in [6.45, 7) is 9.95. The Morgan fingerprint density at radius 2 is 1.33 bits per heavy atom. The number of rotatable bonds is 15. The highest BCUT2D eigenvalue weighted by Crippen LogP contribution is 2.21. The second kappa shape index (κ2) is 18.9. The maximum atomic E-state index is 13.7. The zero-order valence-corrected chi connectivity index (χ0v) is 33.3. The standard InChI is InChI=1S/C43H50N6O9/c1-42(2,3)57-35(50)24-33(39(53)48-34(40(54)55)23-28-13-9-12-26-11-7-8-16-31(26)28)47-37(51)29-14-10-15-30(22-29)46-38(52)32(49-41(56)58-43(4,5)6)21-25-17-19-27(20-18-25)36(44)45/h7-20,22,32-34H,21,23-24H2,1-6H3,(H3,44,45)(H,46,52)(H,47,51)(H,48,53)(H,49,56)(H,54,55)/t32?,33-,34-/m0/s1. The number of aliphatic carboxylic acids is 1. The van der Waals surface area contributed by atoms with Gasteiger partial charge in [0.05, 0.1) is 6.42 Å². The van der Waals surface area contributed by atoms with Gasteiger partial charge in [0, 0.05) is 29.7 Å². The second-order valence-corrected chi connectivity index (χ2v) is 15.6. The second-order valence-electron chi connectivity index (χ2n) is 15.6. The molecule has 4 aromatic rings. The van der Waals surface area contributed by atoms with Gasteiger partial charge in [-0.05, 0) is 81.6 Å². The molecular formula is C43H50N6O9. The lowest BCUT2D eigenvalue weighted by atomic mass is 9.98. The van der Waals surface area contributed by atoms with Crippen molar-refractivity contribution < 1.29 is 43.3 Å². The lowest BCUT2D eigenvalue weighted by Gasteiger charge is -2.24. The lowest BCUT2D eigenvalue weighted by molar-refractivity contribution is -0.156. The van der Waals surface area contributed by atoms with E-state index in [4.69, 9.17) is 20.6 Å². The lowest BCUT2D eigenvalue weighted by Crippen LogP contribution is -2.53. The molecule has 0 aromatic heterocycles. The molecule has 1 unspecified atom stereocenters. The smallest absolute Gasteiger partial charge is 0.408 e. The van der Waals surface area contributed by atoms with Gasteiger partial charge in [-0.25, -0.2) is 9.59 Å². The molecule has 15 heteroatoms. The van der Waals surface area contributed by atoms with Gasteiger partial charge in [0.25, 0.3) is 5.91 Å². The summed E-state index contributed by atoms with van der Waals surface area (Å²) in [7, 11) is 0. The van der Waals surface area contributed by atoms with Crippen molar-refractivity contribution in [3.05, 3.63) is 113 Å². The van der Waals surface area contributed by atoms with Gasteiger partial charge in [-0.3, -0.25) is 24.6 Å². The van der Waals surface area contributed by atoms with Crippen molar-refractivity contribution in [3.63, 3.8) is 0 Å². The normalized spacial score (nSPS) is 12.9. The van der Waals surface area contributed by atoms with Crippen molar-refractivity contribution >= 4 is 58.0 Å². The Hall–Kier alpha value is -6.77. The Balaban J connectivity index is 1.54. The number of carbonyl (C=O) groups is 6. The van der Waals surface area contributed by atoms with Crippen LogP contribution in [-0.2, 0) is 41.5 Å². The van der Waals surface area contributed by atoms with Gasteiger partial charge in [-0.1, -0.05) is 72.8 Å². The fraction of sp³-hybridized carbons (Fsp3) is 0.326. The first-order chi connectivity index (χ1) is 27.2. The number of amides is 4. The van der Waals surface area contributed by atoms with Crippen molar-refractivity contribution in [1.82, 2.24) is 16.0 Å². The molecule has 0 spiro atoms. The van der Waals surface area contributed by atoms with Crippen molar-refractivity contribution in [3.8, 4) is 0 Å². The number of nitrogens with two attached hydrogens (primary N) is 1. The number of carboxylic acids is 1. The zero-order valence-electron chi connectivity index (χ0n) is 33.3. The van der Waals surface area contributed by atoms with Gasteiger partial charge in [-0.2, -0.15) is 0 Å². The molecule has 306 valence electrons. The number of hydrogen-bond acceptors (Lipinski definition) is 9. The van der Waals surface area contributed by atoms with Crippen LogP contribution in [-0.4, -0.2) is 76.0 Å². The summed E-state index contributed by atoms with van der Waals surface area (Å²) in [6.07, 6.45) is -1.50. The number of ether oxygens (including phenoxy) is 2. The number of esters is 1. The number of carbonyl (C=O) groups excluding carboxylic acids is 5. The molecule has 0 bridgehead atoms. The molecule has 0 aliphatic rings. The van der Waals surface area contributed by atoms with E-state index in [0.717, 1.165) is 10.8 Å². The number of nitrogens with one attached hydrogen (secondary N) is 5. The topological polar surface area (TPSA) is 239 Å². The first-order valence-electron chi connectivity index (χ1n) is 18.5. The first-order valence-corrected chi connectivity index (χ1v) is 18.5. The fourth-order valence-electron chi connectivity index (χ4n) is 5.85. The highest BCUT2D eigenvalue weighted by Gasteiger charge is 2.31. The molecular weight excluding hydrogens is 745 g/mol. The molecule has 0 saturated carbocycles. The van der Waals surface area contributed by atoms with E-state index < -0.39 is 71.5 Å².